The number of rotatable bonds is 4. The second-order valence-corrected chi connectivity index (χ2v) is 5.94. The van der Waals surface area contributed by atoms with E-state index in [1.807, 2.05) is 18.2 Å². The van der Waals surface area contributed by atoms with Crippen molar-refractivity contribution in [2.75, 3.05) is 19.1 Å². The van der Waals surface area contributed by atoms with Crippen molar-refractivity contribution in [2.24, 2.45) is 5.73 Å². The number of hydrogen-bond acceptors (Lipinski definition) is 3. The predicted molar refractivity (Wildman–Crippen MR) is 88.8 cm³/mol. The molecule has 0 aliphatic heterocycles. The molecule has 0 spiro atoms. The van der Waals surface area contributed by atoms with Gasteiger partial charge in [0.2, 0.25) is 0 Å². The first-order valence-corrected chi connectivity index (χ1v) is 7.75. The van der Waals surface area contributed by atoms with Gasteiger partial charge in [-0.2, -0.15) is 0 Å². The monoisotopic (exact) mass is 292 g/mol. The highest BCUT2D eigenvalue weighted by Gasteiger charge is 2.20. The summed E-state index contributed by atoms with van der Waals surface area (Å²) >= 11 is 5.19. The molecule has 1 aliphatic carbocycles. The lowest BCUT2D eigenvalue weighted by Gasteiger charge is -2.31. The molecule has 0 amide bonds. The summed E-state index contributed by atoms with van der Waals surface area (Å²) in [5, 5.41) is 0. The van der Waals surface area contributed by atoms with Gasteiger partial charge in [-0.15, -0.1) is 0 Å². The van der Waals surface area contributed by atoms with Gasteiger partial charge in [0.15, 0.2) is 0 Å². The molecule has 2 N–H and O–H groups in total. The van der Waals surface area contributed by atoms with Gasteiger partial charge in [0.05, 0.1) is 12.8 Å². The van der Waals surface area contributed by atoms with E-state index < -0.39 is 0 Å². The highest BCUT2D eigenvalue weighted by Crippen LogP contribution is 2.30. The van der Waals surface area contributed by atoms with Crippen molar-refractivity contribution in [3.8, 4) is 5.75 Å². The number of methoxy groups -OCH3 is 1. The fourth-order valence-corrected chi connectivity index (χ4v) is 3.15. The molecule has 1 aliphatic rings. The molecule has 20 heavy (non-hydrogen) atoms. The summed E-state index contributed by atoms with van der Waals surface area (Å²) in [5.74, 6) is 0.848. The molecule has 0 saturated heterocycles. The maximum absolute atomic E-state index is 5.87. The first-order valence-electron chi connectivity index (χ1n) is 7.34. The summed E-state index contributed by atoms with van der Waals surface area (Å²) in [7, 11) is 3.83. The quantitative estimate of drug-likeness (QED) is 0.681. The highest BCUT2D eigenvalue weighted by molar-refractivity contribution is 7.80. The molecule has 0 aromatic heterocycles. The second-order valence-electron chi connectivity index (χ2n) is 5.50. The molecule has 4 heteroatoms. The Labute approximate surface area is 127 Å². The van der Waals surface area contributed by atoms with Crippen LogP contribution >= 0.6 is 12.2 Å². The van der Waals surface area contributed by atoms with Crippen LogP contribution in [0.5, 0.6) is 5.75 Å². The average molecular weight is 292 g/mol. The van der Waals surface area contributed by atoms with Crippen LogP contribution in [0.4, 0.5) is 5.69 Å². The van der Waals surface area contributed by atoms with Crippen LogP contribution in [-0.4, -0.2) is 25.2 Å². The van der Waals surface area contributed by atoms with Gasteiger partial charge in [0, 0.05) is 24.7 Å². The second kappa shape index (κ2) is 6.93. The molecule has 0 radical (unpaired) electrons. The van der Waals surface area contributed by atoms with Crippen LogP contribution in [0, 0.1) is 0 Å². The zero-order valence-corrected chi connectivity index (χ0v) is 13.2. The van der Waals surface area contributed by atoms with Crippen molar-refractivity contribution >= 4 is 22.9 Å². The topological polar surface area (TPSA) is 38.5 Å². The van der Waals surface area contributed by atoms with Gasteiger partial charge in [-0.05, 0) is 25.0 Å². The van der Waals surface area contributed by atoms with Crippen LogP contribution in [-0.2, 0) is 0 Å². The summed E-state index contributed by atoms with van der Waals surface area (Å²) in [6.07, 6.45) is 7.80. The minimum Gasteiger partial charge on any atom is -0.497 e. The van der Waals surface area contributed by atoms with E-state index in [0.29, 0.717) is 11.0 Å². The number of nitrogens with two attached hydrogens (primary N) is 1. The normalized spacial score (nSPS) is 16.5. The molecule has 110 valence electrons. The Morgan fingerprint density at radius 3 is 2.45 bits per heavy atom. The minimum atomic E-state index is 0.447. The average Bonchev–Trinajstić information content (AvgIpc) is 2.74. The Bertz CT molecular complexity index is 468. The highest BCUT2D eigenvalue weighted by atomic mass is 32.1. The molecule has 1 fully saturated rings. The lowest BCUT2D eigenvalue weighted by atomic mass is 10.0. The summed E-state index contributed by atoms with van der Waals surface area (Å²) < 4.78 is 5.34. The molecule has 1 saturated carbocycles. The Morgan fingerprint density at radius 1 is 1.25 bits per heavy atom. The third-order valence-electron chi connectivity index (χ3n) is 4.22. The van der Waals surface area contributed by atoms with Crippen molar-refractivity contribution in [3.63, 3.8) is 0 Å². The van der Waals surface area contributed by atoms with Gasteiger partial charge in [-0.3, -0.25) is 0 Å². The maximum Gasteiger partial charge on any atom is 0.120 e. The summed E-state index contributed by atoms with van der Waals surface area (Å²) in [5.41, 5.74) is 7.89. The van der Waals surface area contributed by atoms with Gasteiger partial charge in [0.1, 0.15) is 10.7 Å². The Morgan fingerprint density at radius 2 is 1.90 bits per heavy atom. The number of thiocarbonyl (C=S) groups is 1. The van der Waals surface area contributed by atoms with E-state index in [9.17, 15) is 0 Å². The molecular weight excluding hydrogens is 268 g/mol. The smallest absolute Gasteiger partial charge is 0.120 e. The molecule has 0 atom stereocenters. The van der Waals surface area contributed by atoms with Crippen LogP contribution in [0.1, 0.15) is 44.1 Å². The summed E-state index contributed by atoms with van der Waals surface area (Å²) in [4.78, 5) is 2.78. The van der Waals surface area contributed by atoms with Crippen molar-refractivity contribution in [2.45, 2.75) is 44.6 Å². The number of benzene rings is 1. The molecule has 1 aromatic carbocycles. The first-order chi connectivity index (χ1) is 9.63. The van der Waals surface area contributed by atoms with E-state index in [-0.39, 0.29) is 0 Å². The Hall–Kier alpha value is -1.29. The van der Waals surface area contributed by atoms with E-state index in [2.05, 4.69) is 11.9 Å². The van der Waals surface area contributed by atoms with Crippen LogP contribution in [0.15, 0.2) is 18.2 Å². The number of ether oxygens (including phenoxy) is 1. The fraction of sp³-hybridized carbons (Fsp3) is 0.562. The first kappa shape index (κ1) is 15.1. The van der Waals surface area contributed by atoms with E-state index in [0.717, 1.165) is 17.0 Å². The molecule has 2 rings (SSSR count). The van der Waals surface area contributed by atoms with Gasteiger partial charge in [0.25, 0.3) is 0 Å². The van der Waals surface area contributed by atoms with Gasteiger partial charge in [-0.25, -0.2) is 0 Å². The van der Waals surface area contributed by atoms with E-state index in [1.54, 1.807) is 7.11 Å². The molecule has 0 unspecified atom stereocenters. The van der Waals surface area contributed by atoms with E-state index in [1.165, 1.54) is 38.5 Å². The lowest BCUT2D eigenvalue weighted by Crippen LogP contribution is -2.32. The number of nitrogens with zero attached hydrogens (tertiary/aromatic N) is 1. The predicted octanol–water partition coefficient (Wildman–Crippen LogP) is 3.49. The Balaban J connectivity index is 2.30. The van der Waals surface area contributed by atoms with Crippen molar-refractivity contribution in [1.82, 2.24) is 0 Å². The van der Waals surface area contributed by atoms with E-state index in [4.69, 9.17) is 22.7 Å². The number of anilines is 1. The lowest BCUT2D eigenvalue weighted by molar-refractivity contribution is 0.414. The summed E-state index contributed by atoms with van der Waals surface area (Å²) in [6, 6.07) is 6.49. The van der Waals surface area contributed by atoms with Gasteiger partial charge >= 0.3 is 0 Å². The summed E-state index contributed by atoms with van der Waals surface area (Å²) in [6.45, 7) is 0. The van der Waals surface area contributed by atoms with Gasteiger partial charge in [-0.1, -0.05) is 37.9 Å². The number of hydrogen-bond donors (Lipinski definition) is 1. The van der Waals surface area contributed by atoms with Crippen molar-refractivity contribution in [3.05, 3.63) is 23.8 Å². The largest absolute Gasteiger partial charge is 0.497 e. The SMILES string of the molecule is COc1ccc(C(N)=S)c(N(C)C2CCCCCC2)c1. The third-order valence-corrected chi connectivity index (χ3v) is 4.44. The maximum atomic E-state index is 5.87. The van der Waals surface area contributed by atoms with Crippen LogP contribution in [0.3, 0.4) is 0 Å². The minimum absolute atomic E-state index is 0.447. The standard InChI is InChI=1S/C16H24N2OS/c1-18(12-7-5-3-4-6-8-12)15-11-13(19-2)9-10-14(15)16(17)20/h9-12H,3-8H2,1-2H3,(H2,17,20). The molecule has 1 aromatic rings. The van der Waals surface area contributed by atoms with Gasteiger partial charge < -0.3 is 15.4 Å². The van der Waals surface area contributed by atoms with Crippen molar-refractivity contribution < 1.29 is 4.74 Å². The van der Waals surface area contributed by atoms with Crippen molar-refractivity contribution in [1.29, 1.82) is 0 Å². The molecule has 0 heterocycles. The zero-order chi connectivity index (χ0) is 14.5. The zero-order valence-electron chi connectivity index (χ0n) is 12.4. The van der Waals surface area contributed by atoms with Crippen LogP contribution < -0.4 is 15.4 Å². The molecular formula is C16H24N2OS. The van der Waals surface area contributed by atoms with Crippen LogP contribution in [0.2, 0.25) is 0 Å². The molecule has 3 nitrogen and oxygen atoms in total. The molecule has 0 bridgehead atoms. The van der Waals surface area contributed by atoms with E-state index >= 15 is 0 Å². The Kier molecular flexibility index (Phi) is 5.24. The third kappa shape index (κ3) is 3.42. The van der Waals surface area contributed by atoms with Crippen LogP contribution in [0.25, 0.3) is 0 Å². The fourth-order valence-electron chi connectivity index (χ4n) is 2.98.